The van der Waals surface area contributed by atoms with Gasteiger partial charge >= 0.3 is 5.97 Å². The summed E-state index contributed by atoms with van der Waals surface area (Å²) in [6.45, 7) is 4.99. The summed E-state index contributed by atoms with van der Waals surface area (Å²) in [5, 5.41) is 9.52. The van der Waals surface area contributed by atoms with Gasteiger partial charge in [-0.3, -0.25) is 4.79 Å². The lowest BCUT2D eigenvalue weighted by Gasteiger charge is -2.08. The third-order valence-corrected chi connectivity index (χ3v) is 3.78. The standard InChI is InChI=1S/C19H30O4/c1-15(2)9-7-5-4-6-8-12-23-19(21)14-16-10-11-17(20)18(13-16)22-3/h10-11,13,15,20H,4-9,12,14H2,1-3H3. The van der Waals surface area contributed by atoms with Crippen LogP contribution in [0.25, 0.3) is 0 Å². The Hall–Kier alpha value is -1.71. The van der Waals surface area contributed by atoms with Crippen LogP contribution in [0.4, 0.5) is 0 Å². The average molecular weight is 322 g/mol. The molecular formula is C19H30O4. The molecule has 0 bridgehead atoms. The van der Waals surface area contributed by atoms with Crippen LogP contribution in [0.1, 0.15) is 57.9 Å². The Bertz CT molecular complexity index is 468. The zero-order valence-electron chi connectivity index (χ0n) is 14.6. The molecule has 1 rings (SSSR count). The highest BCUT2D eigenvalue weighted by molar-refractivity contribution is 5.72. The molecule has 0 spiro atoms. The smallest absolute Gasteiger partial charge is 0.310 e. The van der Waals surface area contributed by atoms with Crippen LogP contribution < -0.4 is 4.74 Å². The van der Waals surface area contributed by atoms with Crippen LogP contribution in [0.5, 0.6) is 11.5 Å². The van der Waals surface area contributed by atoms with Crippen molar-refractivity contribution in [2.24, 2.45) is 5.92 Å². The fraction of sp³-hybridized carbons (Fsp3) is 0.632. The van der Waals surface area contributed by atoms with E-state index in [-0.39, 0.29) is 18.1 Å². The number of hydrogen-bond donors (Lipinski definition) is 1. The van der Waals surface area contributed by atoms with Crippen molar-refractivity contribution in [2.45, 2.75) is 58.8 Å². The van der Waals surface area contributed by atoms with Gasteiger partial charge in [0.2, 0.25) is 0 Å². The van der Waals surface area contributed by atoms with E-state index >= 15 is 0 Å². The molecule has 0 aliphatic rings. The number of phenols is 1. The molecule has 0 radical (unpaired) electrons. The Morgan fingerprint density at radius 1 is 1.13 bits per heavy atom. The molecule has 0 amide bonds. The molecule has 0 heterocycles. The number of aromatic hydroxyl groups is 1. The van der Waals surface area contributed by atoms with Crippen molar-refractivity contribution in [3.8, 4) is 11.5 Å². The molecule has 1 N–H and O–H groups in total. The number of unbranched alkanes of at least 4 members (excludes halogenated alkanes) is 4. The Morgan fingerprint density at radius 2 is 1.83 bits per heavy atom. The molecule has 4 heteroatoms. The summed E-state index contributed by atoms with van der Waals surface area (Å²) in [5.41, 5.74) is 0.776. The third-order valence-electron chi connectivity index (χ3n) is 3.78. The summed E-state index contributed by atoms with van der Waals surface area (Å²) in [5.74, 6) is 0.991. The number of ether oxygens (including phenoxy) is 2. The minimum absolute atomic E-state index is 0.0714. The number of carbonyl (C=O) groups is 1. The fourth-order valence-electron chi connectivity index (χ4n) is 2.42. The minimum Gasteiger partial charge on any atom is -0.504 e. The Morgan fingerprint density at radius 3 is 2.52 bits per heavy atom. The summed E-state index contributed by atoms with van der Waals surface area (Å²) in [6.07, 6.45) is 7.29. The van der Waals surface area contributed by atoms with Crippen LogP contribution in [0.3, 0.4) is 0 Å². The van der Waals surface area contributed by atoms with E-state index in [0.29, 0.717) is 12.4 Å². The number of benzene rings is 1. The number of phenolic OH excluding ortho intramolecular Hbond substituents is 1. The highest BCUT2D eigenvalue weighted by atomic mass is 16.5. The van der Waals surface area contributed by atoms with Gasteiger partial charge in [0.05, 0.1) is 20.1 Å². The normalized spacial score (nSPS) is 10.8. The van der Waals surface area contributed by atoms with Gasteiger partial charge in [0.25, 0.3) is 0 Å². The Balaban J connectivity index is 2.13. The van der Waals surface area contributed by atoms with Gasteiger partial charge in [0.15, 0.2) is 11.5 Å². The maximum atomic E-state index is 11.8. The molecule has 0 aliphatic carbocycles. The molecule has 130 valence electrons. The molecule has 0 saturated carbocycles. The van der Waals surface area contributed by atoms with E-state index in [1.165, 1.54) is 38.9 Å². The van der Waals surface area contributed by atoms with Crippen LogP contribution in [0, 0.1) is 5.92 Å². The number of methoxy groups -OCH3 is 1. The topological polar surface area (TPSA) is 55.8 Å². The van der Waals surface area contributed by atoms with Crippen LogP contribution in [0.2, 0.25) is 0 Å². The molecule has 0 saturated heterocycles. The lowest BCUT2D eigenvalue weighted by Crippen LogP contribution is -2.09. The number of rotatable bonds is 11. The Kier molecular flexibility index (Phi) is 9.18. The summed E-state index contributed by atoms with van der Waals surface area (Å²) < 4.78 is 10.3. The zero-order valence-corrected chi connectivity index (χ0v) is 14.6. The summed E-state index contributed by atoms with van der Waals surface area (Å²) in [7, 11) is 1.48. The molecular weight excluding hydrogens is 292 g/mol. The van der Waals surface area contributed by atoms with Crippen molar-refractivity contribution in [3.63, 3.8) is 0 Å². The summed E-state index contributed by atoms with van der Waals surface area (Å²) >= 11 is 0. The van der Waals surface area contributed by atoms with E-state index in [1.54, 1.807) is 12.1 Å². The lowest BCUT2D eigenvalue weighted by atomic mass is 10.0. The first kappa shape index (κ1) is 19.3. The maximum Gasteiger partial charge on any atom is 0.310 e. The van der Waals surface area contributed by atoms with Gasteiger partial charge in [-0.1, -0.05) is 52.0 Å². The lowest BCUT2D eigenvalue weighted by molar-refractivity contribution is -0.142. The van der Waals surface area contributed by atoms with Crippen molar-refractivity contribution in [1.82, 2.24) is 0 Å². The predicted octanol–water partition coefficient (Wildman–Crippen LogP) is 4.48. The monoisotopic (exact) mass is 322 g/mol. The average Bonchev–Trinajstić information content (AvgIpc) is 2.51. The van der Waals surface area contributed by atoms with Crippen molar-refractivity contribution in [3.05, 3.63) is 23.8 Å². The van der Waals surface area contributed by atoms with E-state index in [4.69, 9.17) is 9.47 Å². The molecule has 1 aromatic carbocycles. The van der Waals surface area contributed by atoms with Gasteiger partial charge in [-0.15, -0.1) is 0 Å². The first-order valence-corrected chi connectivity index (χ1v) is 8.54. The minimum atomic E-state index is -0.238. The van der Waals surface area contributed by atoms with E-state index in [0.717, 1.165) is 24.3 Å². The molecule has 23 heavy (non-hydrogen) atoms. The molecule has 1 aromatic rings. The second-order valence-electron chi connectivity index (χ2n) is 6.35. The second kappa shape index (κ2) is 10.9. The summed E-state index contributed by atoms with van der Waals surface area (Å²) in [4.78, 5) is 11.8. The molecule has 0 unspecified atom stereocenters. The van der Waals surface area contributed by atoms with Crippen LogP contribution in [-0.4, -0.2) is 24.8 Å². The maximum absolute atomic E-state index is 11.8. The van der Waals surface area contributed by atoms with Gasteiger partial charge in [-0.05, 0) is 30.0 Å². The van der Waals surface area contributed by atoms with Crippen molar-refractivity contribution in [2.75, 3.05) is 13.7 Å². The van der Waals surface area contributed by atoms with Crippen molar-refractivity contribution < 1.29 is 19.4 Å². The fourth-order valence-corrected chi connectivity index (χ4v) is 2.42. The summed E-state index contributed by atoms with van der Waals surface area (Å²) in [6, 6.07) is 4.89. The van der Waals surface area contributed by atoms with Gasteiger partial charge in [0, 0.05) is 0 Å². The first-order valence-electron chi connectivity index (χ1n) is 8.54. The molecule has 4 nitrogen and oxygen atoms in total. The van der Waals surface area contributed by atoms with Crippen LogP contribution in [0.15, 0.2) is 18.2 Å². The van der Waals surface area contributed by atoms with Crippen LogP contribution >= 0.6 is 0 Å². The van der Waals surface area contributed by atoms with E-state index in [9.17, 15) is 9.90 Å². The van der Waals surface area contributed by atoms with Gasteiger partial charge in [-0.2, -0.15) is 0 Å². The quantitative estimate of drug-likeness (QED) is 0.482. The third kappa shape index (κ3) is 8.48. The van der Waals surface area contributed by atoms with E-state index in [2.05, 4.69) is 13.8 Å². The van der Waals surface area contributed by atoms with E-state index in [1.807, 2.05) is 0 Å². The molecule has 0 fully saturated rings. The van der Waals surface area contributed by atoms with Crippen LogP contribution in [-0.2, 0) is 16.0 Å². The molecule has 0 atom stereocenters. The predicted molar refractivity (Wildman–Crippen MR) is 91.9 cm³/mol. The molecule has 0 aliphatic heterocycles. The number of carbonyl (C=O) groups excluding carboxylic acids is 1. The largest absolute Gasteiger partial charge is 0.504 e. The van der Waals surface area contributed by atoms with Gasteiger partial charge < -0.3 is 14.6 Å². The zero-order chi connectivity index (χ0) is 17.1. The Labute approximate surface area is 139 Å². The van der Waals surface area contributed by atoms with Gasteiger partial charge in [-0.25, -0.2) is 0 Å². The van der Waals surface area contributed by atoms with Gasteiger partial charge in [0.1, 0.15) is 0 Å². The second-order valence-corrected chi connectivity index (χ2v) is 6.35. The first-order chi connectivity index (χ1) is 11.0. The number of hydrogen-bond acceptors (Lipinski definition) is 4. The highest BCUT2D eigenvalue weighted by Gasteiger charge is 2.08. The SMILES string of the molecule is COc1cc(CC(=O)OCCCCCCCC(C)C)ccc1O. The highest BCUT2D eigenvalue weighted by Crippen LogP contribution is 2.26. The number of esters is 1. The van der Waals surface area contributed by atoms with Crippen molar-refractivity contribution in [1.29, 1.82) is 0 Å². The van der Waals surface area contributed by atoms with E-state index < -0.39 is 0 Å². The molecule has 0 aromatic heterocycles. The van der Waals surface area contributed by atoms with Crippen molar-refractivity contribution >= 4 is 5.97 Å².